The standard InChI is InChI=1S/C29H25Cl2F4NO4/c1-2-3-21(16-4-6-18(7-5-16)28(40)36-13-12-24(37)38)25(17-8-10-20(30)11-9-17)27(39)22-14-19(29(33,34)35)15-23(31)26(22)32/h4-11,14-15,21,25H,2-3,12-13H2,1H3,(H,36,40)(H,37,38). The van der Waals surface area contributed by atoms with Crippen molar-refractivity contribution >= 4 is 40.9 Å². The monoisotopic (exact) mass is 597 g/mol. The summed E-state index contributed by atoms with van der Waals surface area (Å²) in [5, 5.41) is 10.8. The van der Waals surface area contributed by atoms with Crippen molar-refractivity contribution in [3.8, 4) is 0 Å². The van der Waals surface area contributed by atoms with Crippen molar-refractivity contribution in [1.82, 2.24) is 5.32 Å². The maximum Gasteiger partial charge on any atom is 0.416 e. The Morgan fingerprint density at radius 2 is 1.55 bits per heavy atom. The minimum absolute atomic E-state index is 0.0629. The van der Waals surface area contributed by atoms with Gasteiger partial charge in [0.2, 0.25) is 0 Å². The van der Waals surface area contributed by atoms with E-state index in [9.17, 15) is 27.6 Å². The first kappa shape index (κ1) is 31.1. The summed E-state index contributed by atoms with van der Waals surface area (Å²) in [6, 6.07) is 13.3. The third-order valence-electron chi connectivity index (χ3n) is 6.36. The number of halogens is 6. The minimum Gasteiger partial charge on any atom is -0.481 e. The number of ketones is 1. The molecule has 0 aromatic heterocycles. The summed E-state index contributed by atoms with van der Waals surface area (Å²) in [7, 11) is 0. The first-order chi connectivity index (χ1) is 18.8. The fourth-order valence-electron chi connectivity index (χ4n) is 4.44. The highest BCUT2D eigenvalue weighted by Crippen LogP contribution is 2.42. The second-order valence-electron chi connectivity index (χ2n) is 9.13. The summed E-state index contributed by atoms with van der Waals surface area (Å²) >= 11 is 11.8. The van der Waals surface area contributed by atoms with Gasteiger partial charge in [-0.3, -0.25) is 14.4 Å². The third kappa shape index (κ3) is 7.61. The quantitative estimate of drug-likeness (QED) is 0.174. The lowest BCUT2D eigenvalue weighted by molar-refractivity contribution is -0.138. The van der Waals surface area contributed by atoms with Crippen LogP contribution in [0.15, 0.2) is 60.7 Å². The number of carbonyl (C=O) groups is 3. The second kappa shape index (κ2) is 13.3. The molecule has 40 heavy (non-hydrogen) atoms. The van der Waals surface area contributed by atoms with E-state index in [1.165, 1.54) is 24.3 Å². The van der Waals surface area contributed by atoms with Gasteiger partial charge in [-0.25, -0.2) is 4.39 Å². The van der Waals surface area contributed by atoms with Crippen molar-refractivity contribution in [2.75, 3.05) is 6.54 Å². The molecule has 0 saturated heterocycles. The van der Waals surface area contributed by atoms with Crippen molar-refractivity contribution < 1.29 is 37.1 Å². The maximum absolute atomic E-state index is 15.1. The van der Waals surface area contributed by atoms with E-state index in [1.807, 2.05) is 6.92 Å². The van der Waals surface area contributed by atoms with Gasteiger partial charge in [-0.1, -0.05) is 60.8 Å². The first-order valence-electron chi connectivity index (χ1n) is 12.3. The molecule has 0 bridgehead atoms. The van der Waals surface area contributed by atoms with Gasteiger partial charge in [0.15, 0.2) is 11.6 Å². The van der Waals surface area contributed by atoms with Crippen LogP contribution in [0.1, 0.15) is 75.4 Å². The lowest BCUT2D eigenvalue weighted by Gasteiger charge is -2.28. The number of benzene rings is 3. The maximum atomic E-state index is 15.1. The number of rotatable bonds is 11. The summed E-state index contributed by atoms with van der Waals surface area (Å²) in [6.07, 6.45) is -4.13. The second-order valence-corrected chi connectivity index (χ2v) is 9.97. The molecule has 0 radical (unpaired) electrons. The van der Waals surface area contributed by atoms with E-state index in [0.717, 1.165) is 0 Å². The number of hydrogen-bond donors (Lipinski definition) is 2. The highest BCUT2D eigenvalue weighted by atomic mass is 35.5. The third-order valence-corrected chi connectivity index (χ3v) is 6.89. The Morgan fingerprint density at radius 1 is 0.950 bits per heavy atom. The molecule has 0 aliphatic carbocycles. The van der Waals surface area contributed by atoms with Gasteiger partial charge in [0.05, 0.1) is 28.5 Å². The molecule has 2 unspecified atom stereocenters. The van der Waals surface area contributed by atoms with Gasteiger partial charge in [0.1, 0.15) is 0 Å². The van der Waals surface area contributed by atoms with Crippen LogP contribution in [0.25, 0.3) is 0 Å². The van der Waals surface area contributed by atoms with Crippen LogP contribution in [-0.2, 0) is 11.0 Å². The Kier molecular flexibility index (Phi) is 10.3. The number of amides is 1. The van der Waals surface area contributed by atoms with Crippen LogP contribution >= 0.6 is 23.2 Å². The zero-order valence-electron chi connectivity index (χ0n) is 21.2. The predicted octanol–water partition coefficient (Wildman–Crippen LogP) is 7.91. The van der Waals surface area contributed by atoms with E-state index in [-0.39, 0.29) is 18.5 Å². The number of aliphatic carboxylic acids is 1. The number of Topliss-reactive ketones (excluding diaryl/α,β-unsaturated/α-hetero) is 1. The Labute approximate surface area is 238 Å². The summed E-state index contributed by atoms with van der Waals surface area (Å²) < 4.78 is 55.6. The van der Waals surface area contributed by atoms with Crippen molar-refractivity contribution in [1.29, 1.82) is 0 Å². The van der Waals surface area contributed by atoms with Crippen LogP contribution in [-0.4, -0.2) is 29.3 Å². The molecule has 0 heterocycles. The molecule has 0 aliphatic heterocycles. The van der Waals surface area contributed by atoms with Crippen LogP contribution in [0.5, 0.6) is 0 Å². The van der Waals surface area contributed by atoms with Crippen LogP contribution in [0.2, 0.25) is 10.0 Å². The molecule has 0 fully saturated rings. The summed E-state index contributed by atoms with van der Waals surface area (Å²) in [6.45, 7) is 1.80. The molecule has 2 N–H and O–H groups in total. The van der Waals surface area contributed by atoms with Gasteiger partial charge in [0, 0.05) is 17.1 Å². The van der Waals surface area contributed by atoms with Crippen LogP contribution < -0.4 is 5.32 Å². The molecule has 11 heteroatoms. The Hall–Kier alpha value is -3.43. The largest absolute Gasteiger partial charge is 0.481 e. The number of alkyl halides is 3. The minimum atomic E-state index is -4.86. The first-order valence-corrected chi connectivity index (χ1v) is 13.0. The Balaban J connectivity index is 2.08. The summed E-state index contributed by atoms with van der Waals surface area (Å²) in [4.78, 5) is 37.0. The fraction of sp³-hybridized carbons (Fsp3) is 0.276. The topological polar surface area (TPSA) is 83.5 Å². The van der Waals surface area contributed by atoms with E-state index in [1.54, 1.807) is 24.3 Å². The van der Waals surface area contributed by atoms with Gasteiger partial charge in [-0.2, -0.15) is 13.2 Å². The average molecular weight is 598 g/mol. The average Bonchev–Trinajstić information content (AvgIpc) is 2.90. The summed E-state index contributed by atoms with van der Waals surface area (Å²) in [5.74, 6) is -5.42. The van der Waals surface area contributed by atoms with E-state index < -0.39 is 57.6 Å². The molecule has 2 atom stereocenters. The fourth-order valence-corrected chi connectivity index (χ4v) is 4.78. The van der Waals surface area contributed by atoms with Gasteiger partial charge < -0.3 is 10.4 Å². The van der Waals surface area contributed by atoms with Crippen molar-refractivity contribution in [3.63, 3.8) is 0 Å². The lowest BCUT2D eigenvalue weighted by Crippen LogP contribution is -2.26. The number of carboxylic acids is 1. The molecule has 3 aromatic carbocycles. The van der Waals surface area contributed by atoms with E-state index in [4.69, 9.17) is 28.3 Å². The van der Waals surface area contributed by atoms with Gasteiger partial charge >= 0.3 is 12.1 Å². The SMILES string of the molecule is CCCC(c1ccc(C(=O)NCCC(=O)O)cc1)C(C(=O)c1cc(C(F)(F)F)cc(Cl)c1F)c1ccc(Cl)cc1. The Morgan fingerprint density at radius 3 is 2.10 bits per heavy atom. The van der Waals surface area contributed by atoms with Gasteiger partial charge in [0.25, 0.3) is 5.91 Å². The smallest absolute Gasteiger partial charge is 0.416 e. The molecule has 1 amide bonds. The normalized spacial score (nSPS) is 13.0. The summed E-state index contributed by atoms with van der Waals surface area (Å²) in [5.41, 5.74) is -0.779. The zero-order valence-corrected chi connectivity index (χ0v) is 22.7. The van der Waals surface area contributed by atoms with Crippen molar-refractivity contribution in [2.45, 2.75) is 44.2 Å². The molecule has 0 saturated carbocycles. The molecule has 3 rings (SSSR count). The number of carbonyl (C=O) groups excluding carboxylic acids is 2. The van der Waals surface area contributed by atoms with Crippen LogP contribution in [0.3, 0.4) is 0 Å². The lowest BCUT2D eigenvalue weighted by atomic mass is 9.74. The molecule has 0 spiro atoms. The van der Waals surface area contributed by atoms with Crippen molar-refractivity contribution in [2.24, 2.45) is 0 Å². The van der Waals surface area contributed by atoms with Crippen LogP contribution in [0.4, 0.5) is 17.6 Å². The molecule has 0 aliphatic rings. The Bertz CT molecular complexity index is 1380. The van der Waals surface area contributed by atoms with E-state index in [2.05, 4.69) is 5.32 Å². The molecular weight excluding hydrogens is 573 g/mol. The predicted molar refractivity (Wildman–Crippen MR) is 144 cm³/mol. The zero-order chi connectivity index (χ0) is 29.6. The van der Waals surface area contributed by atoms with Gasteiger partial charge in [-0.15, -0.1) is 0 Å². The highest BCUT2D eigenvalue weighted by Gasteiger charge is 2.37. The number of nitrogens with one attached hydrogen (secondary N) is 1. The molecule has 3 aromatic rings. The highest BCUT2D eigenvalue weighted by molar-refractivity contribution is 6.31. The van der Waals surface area contributed by atoms with E-state index in [0.29, 0.717) is 41.1 Å². The molecule has 5 nitrogen and oxygen atoms in total. The molecular formula is C29H25Cl2F4NO4. The number of carboxylic acid groups (broad SMARTS) is 1. The van der Waals surface area contributed by atoms with Gasteiger partial charge in [-0.05, 0) is 59.9 Å². The van der Waals surface area contributed by atoms with Crippen LogP contribution in [0, 0.1) is 5.82 Å². The number of hydrogen-bond acceptors (Lipinski definition) is 3. The van der Waals surface area contributed by atoms with Crippen molar-refractivity contribution in [3.05, 3.63) is 104 Å². The molecule has 212 valence electrons. The van der Waals surface area contributed by atoms with E-state index >= 15 is 4.39 Å².